The molecule has 0 atom stereocenters. The number of hydrogen-bond donors (Lipinski definition) is 0. The number of rotatable bonds is 3. The van der Waals surface area contributed by atoms with Crippen molar-refractivity contribution in [3.8, 4) is 10.6 Å². The molecule has 0 saturated carbocycles. The first-order chi connectivity index (χ1) is 12.2. The van der Waals surface area contributed by atoms with E-state index in [1.54, 1.807) is 11.3 Å². The Bertz CT molecular complexity index is 1050. The average Bonchev–Trinajstić information content (AvgIpc) is 3.05. The molecule has 1 heterocycles. The summed E-state index contributed by atoms with van der Waals surface area (Å²) in [5, 5.41) is 1.77. The van der Waals surface area contributed by atoms with Crippen LogP contribution in [0.15, 0.2) is 71.7 Å². The van der Waals surface area contributed by atoms with Gasteiger partial charge < -0.3 is 0 Å². The fourth-order valence-corrected chi connectivity index (χ4v) is 3.74. The zero-order valence-corrected chi connectivity index (χ0v) is 15.2. The number of benzene rings is 3. The highest BCUT2D eigenvalue weighted by Crippen LogP contribution is 2.31. The minimum atomic E-state index is 0.729. The molecule has 0 aliphatic heterocycles. The number of aliphatic imine (C=N–C) groups is 1. The standard InChI is InChI=1S/C21H15ClN2S/c1-14-2-11-19-20(12-14)25-21(24-19)16-5-9-18(10-6-16)23-13-15-3-7-17(22)8-4-15/h2-13H,1H3. The minimum Gasteiger partial charge on any atom is -0.256 e. The lowest BCUT2D eigenvalue weighted by molar-refractivity contribution is 1.45. The number of aryl methyl sites for hydroxylation is 1. The van der Waals surface area contributed by atoms with Crippen molar-refractivity contribution in [2.45, 2.75) is 6.92 Å². The summed E-state index contributed by atoms with van der Waals surface area (Å²) in [5.41, 5.74) is 5.36. The molecular weight excluding hydrogens is 348 g/mol. The van der Waals surface area contributed by atoms with Gasteiger partial charge in [0.05, 0.1) is 15.9 Å². The van der Waals surface area contributed by atoms with E-state index in [1.165, 1.54) is 10.3 Å². The largest absolute Gasteiger partial charge is 0.256 e. The third kappa shape index (κ3) is 3.63. The third-order valence-corrected chi connectivity index (χ3v) is 5.21. The molecule has 0 aliphatic carbocycles. The molecule has 0 N–H and O–H groups in total. The molecule has 0 spiro atoms. The van der Waals surface area contributed by atoms with Crippen molar-refractivity contribution in [2.75, 3.05) is 0 Å². The van der Waals surface area contributed by atoms with Gasteiger partial charge in [0.15, 0.2) is 0 Å². The molecule has 4 heteroatoms. The fraction of sp³-hybridized carbons (Fsp3) is 0.0476. The molecule has 4 rings (SSSR count). The van der Waals surface area contributed by atoms with E-state index in [0.717, 1.165) is 32.4 Å². The third-order valence-electron chi connectivity index (χ3n) is 3.89. The van der Waals surface area contributed by atoms with Crippen LogP contribution in [0.4, 0.5) is 5.69 Å². The number of nitrogens with zero attached hydrogens (tertiary/aromatic N) is 2. The van der Waals surface area contributed by atoms with E-state index in [4.69, 9.17) is 16.6 Å². The maximum Gasteiger partial charge on any atom is 0.124 e. The van der Waals surface area contributed by atoms with Crippen molar-refractivity contribution < 1.29 is 0 Å². The van der Waals surface area contributed by atoms with Crippen LogP contribution in [0.2, 0.25) is 5.02 Å². The minimum absolute atomic E-state index is 0.729. The van der Waals surface area contributed by atoms with E-state index in [-0.39, 0.29) is 0 Å². The van der Waals surface area contributed by atoms with E-state index in [9.17, 15) is 0 Å². The van der Waals surface area contributed by atoms with Gasteiger partial charge in [-0.1, -0.05) is 29.8 Å². The summed E-state index contributed by atoms with van der Waals surface area (Å²) in [5.74, 6) is 0. The first-order valence-corrected chi connectivity index (χ1v) is 9.14. The number of halogens is 1. The van der Waals surface area contributed by atoms with Crippen molar-refractivity contribution >= 4 is 45.1 Å². The summed E-state index contributed by atoms with van der Waals surface area (Å²) in [6.45, 7) is 2.10. The predicted octanol–water partition coefficient (Wildman–Crippen LogP) is 6.68. The molecule has 0 saturated heterocycles. The van der Waals surface area contributed by atoms with Crippen LogP contribution in [0.5, 0.6) is 0 Å². The van der Waals surface area contributed by atoms with E-state index >= 15 is 0 Å². The number of thiazole rings is 1. The van der Waals surface area contributed by atoms with Gasteiger partial charge in [-0.15, -0.1) is 11.3 Å². The summed E-state index contributed by atoms with van der Waals surface area (Å²) in [7, 11) is 0. The summed E-state index contributed by atoms with van der Waals surface area (Å²) in [6.07, 6.45) is 1.84. The quantitative estimate of drug-likeness (QED) is 0.373. The van der Waals surface area contributed by atoms with E-state index in [1.807, 2.05) is 42.6 Å². The van der Waals surface area contributed by atoms with Gasteiger partial charge in [0, 0.05) is 16.8 Å². The van der Waals surface area contributed by atoms with Crippen molar-refractivity contribution in [3.05, 3.63) is 82.9 Å². The molecule has 2 nitrogen and oxygen atoms in total. The zero-order chi connectivity index (χ0) is 17.2. The highest BCUT2D eigenvalue weighted by Gasteiger charge is 2.06. The summed E-state index contributed by atoms with van der Waals surface area (Å²) < 4.78 is 1.22. The van der Waals surface area contributed by atoms with Crippen LogP contribution in [-0.2, 0) is 0 Å². The van der Waals surface area contributed by atoms with Crippen molar-refractivity contribution in [1.29, 1.82) is 0 Å². The van der Waals surface area contributed by atoms with E-state index in [0.29, 0.717) is 0 Å². The predicted molar refractivity (Wildman–Crippen MR) is 108 cm³/mol. The Hall–Kier alpha value is -2.49. The second-order valence-corrected chi connectivity index (χ2v) is 7.31. The molecule has 122 valence electrons. The Balaban J connectivity index is 1.57. The van der Waals surface area contributed by atoms with Gasteiger partial charge in [0.2, 0.25) is 0 Å². The molecule has 4 aromatic rings. The molecule has 0 radical (unpaired) electrons. The van der Waals surface area contributed by atoms with Crippen LogP contribution in [0.1, 0.15) is 11.1 Å². The van der Waals surface area contributed by atoms with Gasteiger partial charge in [-0.3, -0.25) is 4.99 Å². The molecule has 1 aromatic heterocycles. The smallest absolute Gasteiger partial charge is 0.124 e. The average molecular weight is 363 g/mol. The van der Waals surface area contributed by atoms with Gasteiger partial charge in [-0.25, -0.2) is 4.98 Å². The van der Waals surface area contributed by atoms with Crippen LogP contribution in [-0.4, -0.2) is 11.2 Å². The van der Waals surface area contributed by atoms with Crippen LogP contribution in [0.25, 0.3) is 20.8 Å². The van der Waals surface area contributed by atoms with Crippen LogP contribution < -0.4 is 0 Å². The number of aromatic nitrogens is 1. The lowest BCUT2D eigenvalue weighted by atomic mass is 10.2. The lowest BCUT2D eigenvalue weighted by Crippen LogP contribution is -1.79. The molecule has 0 bridgehead atoms. The topological polar surface area (TPSA) is 25.2 Å². The maximum atomic E-state index is 5.89. The van der Waals surface area contributed by atoms with Gasteiger partial charge in [-0.05, 0) is 66.6 Å². The van der Waals surface area contributed by atoms with Crippen LogP contribution in [0.3, 0.4) is 0 Å². The first kappa shape index (κ1) is 16.0. The van der Waals surface area contributed by atoms with Gasteiger partial charge in [0.1, 0.15) is 5.01 Å². The highest BCUT2D eigenvalue weighted by atomic mass is 35.5. The summed E-state index contributed by atoms with van der Waals surface area (Å²) in [6, 6.07) is 22.1. The Morgan fingerprint density at radius 1 is 0.960 bits per heavy atom. The van der Waals surface area contributed by atoms with E-state index in [2.05, 4.69) is 42.2 Å². The number of hydrogen-bond acceptors (Lipinski definition) is 3. The SMILES string of the molecule is Cc1ccc2nc(-c3ccc(N=Cc4ccc(Cl)cc4)cc3)sc2c1. The fourth-order valence-electron chi connectivity index (χ4n) is 2.54. The Kier molecular flexibility index (Phi) is 4.35. The van der Waals surface area contributed by atoms with Crippen LogP contribution in [0, 0.1) is 6.92 Å². The zero-order valence-electron chi connectivity index (χ0n) is 13.6. The first-order valence-electron chi connectivity index (χ1n) is 7.95. The molecule has 25 heavy (non-hydrogen) atoms. The summed E-state index contributed by atoms with van der Waals surface area (Å²) >= 11 is 7.61. The lowest BCUT2D eigenvalue weighted by Gasteiger charge is -1.98. The number of fused-ring (bicyclic) bond motifs is 1. The van der Waals surface area contributed by atoms with Crippen molar-refractivity contribution in [1.82, 2.24) is 4.98 Å². The Morgan fingerprint density at radius 2 is 1.72 bits per heavy atom. The molecule has 0 fully saturated rings. The molecule has 3 aromatic carbocycles. The Morgan fingerprint density at radius 3 is 2.48 bits per heavy atom. The maximum absolute atomic E-state index is 5.89. The second kappa shape index (κ2) is 6.79. The van der Waals surface area contributed by atoms with Gasteiger partial charge in [-0.2, -0.15) is 0 Å². The summed E-state index contributed by atoms with van der Waals surface area (Å²) in [4.78, 5) is 9.23. The molecule has 0 aliphatic rings. The van der Waals surface area contributed by atoms with Gasteiger partial charge in [0.25, 0.3) is 0 Å². The van der Waals surface area contributed by atoms with Crippen molar-refractivity contribution in [2.24, 2.45) is 4.99 Å². The van der Waals surface area contributed by atoms with Crippen molar-refractivity contribution in [3.63, 3.8) is 0 Å². The molecular formula is C21H15ClN2S. The van der Waals surface area contributed by atoms with Gasteiger partial charge >= 0.3 is 0 Å². The molecule has 0 amide bonds. The normalized spacial score (nSPS) is 11.4. The second-order valence-electron chi connectivity index (χ2n) is 5.85. The monoisotopic (exact) mass is 362 g/mol. The highest BCUT2D eigenvalue weighted by molar-refractivity contribution is 7.21. The van der Waals surface area contributed by atoms with Crippen LogP contribution >= 0.6 is 22.9 Å². The van der Waals surface area contributed by atoms with E-state index < -0.39 is 0 Å². The Labute approximate surface area is 155 Å². The molecule has 0 unspecified atom stereocenters.